The lowest BCUT2D eigenvalue weighted by Gasteiger charge is -2.31. The number of aromatic nitrogens is 1. The van der Waals surface area contributed by atoms with Crippen LogP contribution in [0.2, 0.25) is 0 Å². The van der Waals surface area contributed by atoms with Crippen LogP contribution in [0.25, 0.3) is 5.57 Å². The number of likely N-dealkylation sites (tertiary alicyclic amines) is 1. The molecule has 1 aliphatic heterocycles. The Labute approximate surface area is 131 Å². The third kappa shape index (κ3) is 3.92. The number of hydrogen-bond donors (Lipinski definition) is 4. The van der Waals surface area contributed by atoms with E-state index in [9.17, 15) is 0 Å². The molecule has 0 atom stereocenters. The fraction of sp³-hybridized carbons (Fsp3) is 0.438. The van der Waals surface area contributed by atoms with Gasteiger partial charge >= 0.3 is 0 Å². The highest BCUT2D eigenvalue weighted by atomic mass is 15.1. The second-order valence-electron chi connectivity index (χ2n) is 5.46. The number of nitrogens with zero attached hydrogens (tertiary/aromatic N) is 2. The maximum Gasteiger partial charge on any atom is 0.103 e. The zero-order chi connectivity index (χ0) is 15.9. The smallest absolute Gasteiger partial charge is 0.103 e. The third-order valence-corrected chi connectivity index (χ3v) is 4.08. The minimum Gasteiger partial charge on any atom is -0.397 e. The van der Waals surface area contributed by atoms with Crippen LogP contribution in [0, 0.1) is 10.8 Å². The lowest BCUT2D eigenvalue weighted by atomic mass is 10.0. The van der Waals surface area contributed by atoms with Gasteiger partial charge < -0.3 is 26.8 Å². The van der Waals surface area contributed by atoms with Crippen LogP contribution in [0.3, 0.4) is 0 Å². The molecule has 0 radical (unpaired) electrons. The van der Waals surface area contributed by atoms with Gasteiger partial charge in [-0.3, -0.25) is 4.98 Å². The van der Waals surface area contributed by atoms with Gasteiger partial charge in [0, 0.05) is 55.1 Å². The van der Waals surface area contributed by atoms with Crippen LogP contribution in [0.15, 0.2) is 18.5 Å². The van der Waals surface area contributed by atoms with Gasteiger partial charge in [0.1, 0.15) is 5.69 Å². The van der Waals surface area contributed by atoms with E-state index in [1.807, 2.05) is 6.20 Å². The Morgan fingerprint density at radius 3 is 2.73 bits per heavy atom. The zero-order valence-corrected chi connectivity index (χ0v) is 13.0. The molecule has 2 rings (SSSR count). The number of anilines is 1. The average Bonchev–Trinajstić information content (AvgIpc) is 2.56. The number of pyridine rings is 1. The Hall–Kier alpha value is -2.21. The fourth-order valence-corrected chi connectivity index (χ4v) is 2.60. The first kappa shape index (κ1) is 16.2. The molecule has 118 valence electrons. The van der Waals surface area contributed by atoms with Gasteiger partial charge in [-0.1, -0.05) is 6.92 Å². The van der Waals surface area contributed by atoms with E-state index in [0.717, 1.165) is 49.8 Å². The maximum atomic E-state index is 7.59. The van der Waals surface area contributed by atoms with Crippen molar-refractivity contribution < 1.29 is 0 Å². The first-order valence-corrected chi connectivity index (χ1v) is 7.63. The van der Waals surface area contributed by atoms with Gasteiger partial charge in [0.15, 0.2) is 0 Å². The molecule has 1 aliphatic rings. The normalized spacial score (nSPS) is 17.2. The first-order valence-electron chi connectivity index (χ1n) is 7.63. The predicted octanol–water partition coefficient (Wildman–Crippen LogP) is 1.73. The Balaban J connectivity index is 2.03. The predicted molar refractivity (Wildman–Crippen MR) is 91.6 cm³/mol. The molecule has 0 aromatic carbocycles. The average molecular weight is 300 g/mol. The van der Waals surface area contributed by atoms with Crippen molar-refractivity contribution in [3.8, 4) is 0 Å². The van der Waals surface area contributed by atoms with Crippen molar-refractivity contribution >= 4 is 23.7 Å². The largest absolute Gasteiger partial charge is 0.397 e. The summed E-state index contributed by atoms with van der Waals surface area (Å²) in [5.41, 5.74) is 8.29. The van der Waals surface area contributed by atoms with Crippen LogP contribution in [-0.4, -0.2) is 48.0 Å². The molecule has 22 heavy (non-hydrogen) atoms. The molecule has 2 heterocycles. The summed E-state index contributed by atoms with van der Waals surface area (Å²) in [6, 6.07) is 2.20. The third-order valence-electron chi connectivity index (χ3n) is 4.08. The molecule has 1 aromatic rings. The summed E-state index contributed by atoms with van der Waals surface area (Å²) in [5, 5.41) is 18.2. The highest BCUT2D eigenvalue weighted by Crippen LogP contribution is 2.17. The van der Waals surface area contributed by atoms with E-state index in [2.05, 4.69) is 22.1 Å². The van der Waals surface area contributed by atoms with Gasteiger partial charge in [0.25, 0.3) is 0 Å². The highest BCUT2D eigenvalue weighted by molar-refractivity contribution is 6.08. The molecule has 6 heteroatoms. The summed E-state index contributed by atoms with van der Waals surface area (Å²) >= 11 is 0. The number of piperidine rings is 1. The first-order chi connectivity index (χ1) is 10.7. The van der Waals surface area contributed by atoms with Gasteiger partial charge in [0.2, 0.25) is 0 Å². The summed E-state index contributed by atoms with van der Waals surface area (Å²) in [6.07, 6.45) is 8.18. The molecule has 1 fully saturated rings. The van der Waals surface area contributed by atoms with Crippen LogP contribution < -0.4 is 11.1 Å². The SMILES string of the molecule is CCN1CCC(N/C=C(\C=N)c2cnc(C=N)c(N)c2)CC1. The molecule has 0 unspecified atom stereocenters. The van der Waals surface area contributed by atoms with Crippen LogP contribution in [0.4, 0.5) is 5.69 Å². The Kier molecular flexibility index (Phi) is 5.66. The van der Waals surface area contributed by atoms with Gasteiger partial charge in [-0.15, -0.1) is 0 Å². The van der Waals surface area contributed by atoms with E-state index in [1.165, 1.54) is 6.21 Å². The van der Waals surface area contributed by atoms with Crippen LogP contribution in [-0.2, 0) is 0 Å². The van der Waals surface area contributed by atoms with Crippen molar-refractivity contribution in [1.82, 2.24) is 15.2 Å². The minimum atomic E-state index is 0.448. The Morgan fingerprint density at radius 1 is 1.45 bits per heavy atom. The molecular weight excluding hydrogens is 276 g/mol. The summed E-state index contributed by atoms with van der Waals surface area (Å²) in [7, 11) is 0. The lowest BCUT2D eigenvalue weighted by molar-refractivity contribution is 0.213. The number of hydrogen-bond acceptors (Lipinski definition) is 6. The Bertz CT molecular complexity index is 558. The van der Waals surface area contributed by atoms with Crippen LogP contribution >= 0.6 is 0 Å². The zero-order valence-electron chi connectivity index (χ0n) is 13.0. The van der Waals surface area contributed by atoms with E-state index in [0.29, 0.717) is 17.4 Å². The number of nitrogens with one attached hydrogen (secondary N) is 3. The molecule has 0 saturated carbocycles. The monoisotopic (exact) mass is 300 g/mol. The molecular formula is C16H24N6. The van der Waals surface area contributed by atoms with Crippen molar-refractivity contribution in [3.63, 3.8) is 0 Å². The van der Waals surface area contributed by atoms with Crippen molar-refractivity contribution in [2.45, 2.75) is 25.8 Å². The second kappa shape index (κ2) is 7.70. The van der Waals surface area contributed by atoms with E-state index in [4.69, 9.17) is 16.6 Å². The summed E-state index contributed by atoms with van der Waals surface area (Å²) in [5.74, 6) is 0. The molecule has 1 aromatic heterocycles. The van der Waals surface area contributed by atoms with Gasteiger partial charge in [-0.2, -0.15) is 0 Å². The quantitative estimate of drug-likeness (QED) is 0.601. The van der Waals surface area contributed by atoms with E-state index in [-0.39, 0.29) is 0 Å². The molecule has 0 amide bonds. The van der Waals surface area contributed by atoms with Gasteiger partial charge in [-0.05, 0) is 25.5 Å². The molecule has 0 bridgehead atoms. The topological polar surface area (TPSA) is 102 Å². The number of rotatable bonds is 6. The molecule has 0 aliphatic carbocycles. The van der Waals surface area contributed by atoms with Crippen molar-refractivity contribution in [2.24, 2.45) is 0 Å². The summed E-state index contributed by atoms with van der Waals surface area (Å²) in [6.45, 7) is 5.53. The number of nitrogen functional groups attached to an aromatic ring is 1. The van der Waals surface area contributed by atoms with Gasteiger partial charge in [-0.25, -0.2) is 0 Å². The summed E-state index contributed by atoms with van der Waals surface area (Å²) < 4.78 is 0. The van der Waals surface area contributed by atoms with Crippen molar-refractivity contribution in [3.05, 3.63) is 29.7 Å². The second-order valence-corrected chi connectivity index (χ2v) is 5.46. The lowest BCUT2D eigenvalue weighted by Crippen LogP contribution is -2.40. The minimum absolute atomic E-state index is 0.448. The van der Waals surface area contributed by atoms with Crippen LogP contribution in [0.1, 0.15) is 31.0 Å². The number of allylic oxidation sites excluding steroid dienone is 1. The Morgan fingerprint density at radius 2 is 2.18 bits per heavy atom. The standard InChI is InChI=1S/C16H24N6/c1-2-22-5-3-14(4-6-22)20-11-13(8-17)12-7-15(19)16(9-18)21-10-12/h7-11,14,17-18,20H,2-6,19H2,1H3/b13-11+,17-8?,18-9?. The molecule has 5 N–H and O–H groups in total. The fourth-order valence-electron chi connectivity index (χ4n) is 2.60. The van der Waals surface area contributed by atoms with Gasteiger partial charge in [0.05, 0.1) is 5.69 Å². The number of nitrogens with two attached hydrogens (primary N) is 1. The van der Waals surface area contributed by atoms with Crippen LogP contribution in [0.5, 0.6) is 0 Å². The van der Waals surface area contributed by atoms with E-state index >= 15 is 0 Å². The van der Waals surface area contributed by atoms with Crippen molar-refractivity contribution in [2.75, 3.05) is 25.4 Å². The van der Waals surface area contributed by atoms with E-state index in [1.54, 1.807) is 12.3 Å². The van der Waals surface area contributed by atoms with E-state index < -0.39 is 0 Å². The molecule has 1 saturated heterocycles. The molecule has 6 nitrogen and oxygen atoms in total. The highest BCUT2D eigenvalue weighted by Gasteiger charge is 2.16. The maximum absolute atomic E-state index is 7.59. The van der Waals surface area contributed by atoms with Crippen molar-refractivity contribution in [1.29, 1.82) is 10.8 Å². The summed E-state index contributed by atoms with van der Waals surface area (Å²) in [4.78, 5) is 6.58. The molecule has 0 spiro atoms.